The van der Waals surface area contributed by atoms with Crippen LogP contribution in [0.4, 0.5) is 9.18 Å². The second-order valence-electron chi connectivity index (χ2n) is 5.78. The van der Waals surface area contributed by atoms with Crippen molar-refractivity contribution in [2.24, 2.45) is 5.92 Å². The lowest BCUT2D eigenvalue weighted by Crippen LogP contribution is -2.44. The second-order valence-corrected chi connectivity index (χ2v) is 5.78. The number of carbonyl (C=O) groups excluding carboxylic acids is 1. The van der Waals surface area contributed by atoms with Crippen molar-refractivity contribution in [1.29, 1.82) is 0 Å². The van der Waals surface area contributed by atoms with Gasteiger partial charge in [0.05, 0.1) is 5.92 Å². The third-order valence-corrected chi connectivity index (χ3v) is 4.12. The van der Waals surface area contributed by atoms with Gasteiger partial charge >= 0.3 is 12.0 Å². The molecule has 1 aromatic carbocycles. The first kappa shape index (κ1) is 16.3. The van der Waals surface area contributed by atoms with Gasteiger partial charge in [-0.3, -0.25) is 4.79 Å². The number of nitrogens with one attached hydrogen (secondary N) is 1. The van der Waals surface area contributed by atoms with Gasteiger partial charge in [-0.25, -0.2) is 9.18 Å². The van der Waals surface area contributed by atoms with Crippen LogP contribution in [-0.4, -0.2) is 35.1 Å². The highest BCUT2D eigenvalue weighted by Crippen LogP contribution is 2.24. The van der Waals surface area contributed by atoms with Crippen molar-refractivity contribution in [3.63, 3.8) is 0 Å². The highest BCUT2D eigenvalue weighted by molar-refractivity contribution is 5.74. The third-order valence-electron chi connectivity index (χ3n) is 4.12. The van der Waals surface area contributed by atoms with Gasteiger partial charge in [-0.1, -0.05) is 18.2 Å². The number of carboxylic acids is 1. The lowest BCUT2D eigenvalue weighted by molar-refractivity contribution is -0.142. The Morgan fingerprint density at radius 3 is 2.50 bits per heavy atom. The maximum Gasteiger partial charge on any atom is 0.317 e. The fourth-order valence-corrected chi connectivity index (χ4v) is 2.72. The molecular formula is C16H21FN2O3. The number of carbonyl (C=O) groups is 2. The van der Waals surface area contributed by atoms with Crippen molar-refractivity contribution < 1.29 is 19.1 Å². The highest BCUT2D eigenvalue weighted by atomic mass is 19.1. The van der Waals surface area contributed by atoms with E-state index in [4.69, 9.17) is 5.11 Å². The van der Waals surface area contributed by atoms with Gasteiger partial charge in [0, 0.05) is 25.2 Å². The van der Waals surface area contributed by atoms with Gasteiger partial charge in [0.1, 0.15) is 5.82 Å². The average Bonchev–Trinajstić information content (AvgIpc) is 2.50. The maximum absolute atomic E-state index is 13.6. The third kappa shape index (κ3) is 4.19. The van der Waals surface area contributed by atoms with Gasteiger partial charge in [-0.2, -0.15) is 0 Å². The normalized spacial score (nSPS) is 21.2. The largest absolute Gasteiger partial charge is 0.481 e. The fraction of sp³-hybridized carbons (Fsp3) is 0.500. The molecule has 0 heterocycles. The molecule has 0 atom stereocenters. The SMILES string of the molecule is CN(Cc1ccccc1F)C(=O)NC1CCC(C(=O)O)CC1. The topological polar surface area (TPSA) is 69.6 Å². The summed E-state index contributed by atoms with van der Waals surface area (Å²) in [6, 6.07) is 6.09. The molecule has 1 aliphatic carbocycles. The number of carboxylic acid groups (broad SMARTS) is 1. The molecule has 0 radical (unpaired) electrons. The lowest BCUT2D eigenvalue weighted by atomic mass is 9.86. The number of aliphatic carboxylic acids is 1. The number of hydrogen-bond acceptors (Lipinski definition) is 2. The quantitative estimate of drug-likeness (QED) is 0.898. The van der Waals surface area contributed by atoms with E-state index in [0.29, 0.717) is 31.2 Å². The van der Waals surface area contributed by atoms with Gasteiger partial charge < -0.3 is 15.3 Å². The molecule has 2 rings (SSSR count). The molecule has 22 heavy (non-hydrogen) atoms. The van der Waals surface area contributed by atoms with Crippen LogP contribution in [0.1, 0.15) is 31.2 Å². The fourth-order valence-electron chi connectivity index (χ4n) is 2.72. The van der Waals surface area contributed by atoms with Gasteiger partial charge in [0.15, 0.2) is 0 Å². The summed E-state index contributed by atoms with van der Waals surface area (Å²) < 4.78 is 13.6. The minimum atomic E-state index is -0.763. The van der Waals surface area contributed by atoms with Crippen LogP contribution in [-0.2, 0) is 11.3 Å². The molecule has 0 spiro atoms. The van der Waals surface area contributed by atoms with Crippen molar-refractivity contribution in [3.8, 4) is 0 Å². The molecule has 0 bridgehead atoms. The van der Waals surface area contributed by atoms with Crippen LogP contribution >= 0.6 is 0 Å². The summed E-state index contributed by atoms with van der Waals surface area (Å²) in [7, 11) is 1.62. The summed E-state index contributed by atoms with van der Waals surface area (Å²) in [4.78, 5) is 24.4. The van der Waals surface area contributed by atoms with Crippen LogP contribution in [0.15, 0.2) is 24.3 Å². The minimum Gasteiger partial charge on any atom is -0.481 e. The van der Waals surface area contributed by atoms with Gasteiger partial charge in [0.2, 0.25) is 0 Å². The van der Waals surface area contributed by atoms with E-state index in [1.54, 1.807) is 25.2 Å². The molecule has 120 valence electrons. The van der Waals surface area contributed by atoms with Crippen LogP contribution in [0.25, 0.3) is 0 Å². The molecule has 0 saturated heterocycles. The zero-order valence-corrected chi connectivity index (χ0v) is 12.6. The zero-order chi connectivity index (χ0) is 16.1. The predicted molar refractivity (Wildman–Crippen MR) is 79.8 cm³/mol. The van der Waals surface area contributed by atoms with Crippen LogP contribution in [0.2, 0.25) is 0 Å². The van der Waals surface area contributed by atoms with E-state index in [1.807, 2.05) is 0 Å². The number of urea groups is 1. The van der Waals surface area contributed by atoms with Crippen LogP contribution in [0.5, 0.6) is 0 Å². The molecule has 6 heteroatoms. The molecule has 5 nitrogen and oxygen atoms in total. The van der Waals surface area contributed by atoms with Crippen LogP contribution in [0.3, 0.4) is 0 Å². The lowest BCUT2D eigenvalue weighted by Gasteiger charge is -2.29. The molecule has 1 fully saturated rings. The molecule has 2 N–H and O–H groups in total. The monoisotopic (exact) mass is 308 g/mol. The summed E-state index contributed by atoms with van der Waals surface area (Å²) in [6.07, 6.45) is 2.49. The highest BCUT2D eigenvalue weighted by Gasteiger charge is 2.27. The Bertz CT molecular complexity index is 542. The first-order valence-corrected chi connectivity index (χ1v) is 7.45. The number of nitrogens with zero attached hydrogens (tertiary/aromatic N) is 1. The van der Waals surface area contributed by atoms with Crippen molar-refractivity contribution in [1.82, 2.24) is 10.2 Å². The van der Waals surface area contributed by atoms with E-state index in [1.165, 1.54) is 11.0 Å². The van der Waals surface area contributed by atoms with Gasteiger partial charge in [0.25, 0.3) is 0 Å². The van der Waals surface area contributed by atoms with E-state index in [-0.39, 0.29) is 30.4 Å². The molecule has 1 aromatic rings. The second kappa shape index (κ2) is 7.24. The molecule has 2 amide bonds. The standard InChI is InChI=1S/C16H21FN2O3/c1-19(10-12-4-2-3-5-14(12)17)16(22)18-13-8-6-11(7-9-13)15(20)21/h2-5,11,13H,6-10H2,1H3,(H,18,22)(H,20,21). The summed E-state index contributed by atoms with van der Waals surface area (Å²) in [5.74, 6) is -1.39. The summed E-state index contributed by atoms with van der Waals surface area (Å²) >= 11 is 0. The predicted octanol–water partition coefficient (Wildman–Crippen LogP) is 2.61. The van der Waals surface area contributed by atoms with E-state index < -0.39 is 5.97 Å². The molecule has 1 saturated carbocycles. The Labute approximate surface area is 129 Å². The Morgan fingerprint density at radius 2 is 1.91 bits per heavy atom. The number of benzene rings is 1. The van der Waals surface area contributed by atoms with E-state index in [2.05, 4.69) is 5.32 Å². The van der Waals surface area contributed by atoms with Gasteiger partial charge in [-0.15, -0.1) is 0 Å². The molecule has 0 aliphatic heterocycles. The molecule has 1 aliphatic rings. The Balaban J connectivity index is 1.82. The van der Waals surface area contributed by atoms with Crippen molar-refractivity contribution in [3.05, 3.63) is 35.6 Å². The molecule has 0 aromatic heterocycles. The van der Waals surface area contributed by atoms with E-state index in [0.717, 1.165) is 0 Å². The van der Waals surface area contributed by atoms with Crippen molar-refractivity contribution >= 4 is 12.0 Å². The Kier molecular flexibility index (Phi) is 5.35. The summed E-state index contributed by atoms with van der Waals surface area (Å²) in [5.41, 5.74) is 0.467. The number of amides is 2. The maximum atomic E-state index is 13.6. The van der Waals surface area contributed by atoms with Crippen molar-refractivity contribution in [2.45, 2.75) is 38.3 Å². The molecular weight excluding hydrogens is 287 g/mol. The van der Waals surface area contributed by atoms with Crippen molar-refractivity contribution in [2.75, 3.05) is 7.05 Å². The summed E-state index contributed by atoms with van der Waals surface area (Å²) in [5, 5.41) is 11.8. The van der Waals surface area contributed by atoms with Crippen LogP contribution < -0.4 is 5.32 Å². The minimum absolute atomic E-state index is 0.00818. The zero-order valence-electron chi connectivity index (χ0n) is 12.6. The first-order valence-electron chi connectivity index (χ1n) is 7.45. The smallest absolute Gasteiger partial charge is 0.317 e. The van der Waals surface area contributed by atoms with E-state index >= 15 is 0 Å². The number of halogens is 1. The van der Waals surface area contributed by atoms with Crippen LogP contribution in [0, 0.1) is 11.7 Å². The summed E-state index contributed by atoms with van der Waals surface area (Å²) in [6.45, 7) is 0.197. The Hall–Kier alpha value is -2.11. The first-order chi connectivity index (χ1) is 10.5. The van der Waals surface area contributed by atoms with Gasteiger partial charge in [-0.05, 0) is 31.7 Å². The average molecular weight is 308 g/mol. The number of hydrogen-bond donors (Lipinski definition) is 2. The number of rotatable bonds is 4. The Morgan fingerprint density at radius 1 is 1.27 bits per heavy atom. The molecule has 0 unspecified atom stereocenters. The van der Waals surface area contributed by atoms with E-state index in [9.17, 15) is 14.0 Å².